The van der Waals surface area contributed by atoms with Gasteiger partial charge in [-0.25, -0.2) is 4.79 Å². The number of amides is 2. The number of nitrogens with zero attached hydrogens (tertiary/aromatic N) is 3. The van der Waals surface area contributed by atoms with Gasteiger partial charge in [0.1, 0.15) is 0 Å². The van der Waals surface area contributed by atoms with E-state index in [0.29, 0.717) is 18.8 Å². The summed E-state index contributed by atoms with van der Waals surface area (Å²) in [4.78, 5) is 11.9. The van der Waals surface area contributed by atoms with E-state index in [4.69, 9.17) is 5.26 Å². The fraction of sp³-hybridized carbons (Fsp3) is 0.688. The Kier molecular flexibility index (Phi) is 5.99. The minimum Gasteiger partial charge on any atom is -0.388 e. The summed E-state index contributed by atoms with van der Waals surface area (Å²) in [6.45, 7) is 2.51. The van der Waals surface area contributed by atoms with E-state index >= 15 is 0 Å². The van der Waals surface area contributed by atoms with Crippen LogP contribution in [0, 0.1) is 17.2 Å². The third kappa shape index (κ3) is 5.25. The van der Waals surface area contributed by atoms with Gasteiger partial charge in [0.05, 0.1) is 24.6 Å². The minimum absolute atomic E-state index is 0.221. The fourth-order valence-electron chi connectivity index (χ4n) is 3.01. The molecular weight excluding hydrogens is 294 g/mol. The molecule has 1 aliphatic rings. The smallest absolute Gasteiger partial charge is 0.320 e. The van der Waals surface area contributed by atoms with Gasteiger partial charge >= 0.3 is 6.03 Å². The number of nitriles is 1. The van der Waals surface area contributed by atoms with E-state index in [1.54, 1.807) is 23.9 Å². The van der Waals surface area contributed by atoms with Crippen LogP contribution in [0.4, 0.5) is 10.6 Å². The summed E-state index contributed by atoms with van der Waals surface area (Å²) in [7, 11) is 0. The molecule has 1 saturated carbocycles. The fourth-order valence-corrected chi connectivity index (χ4v) is 3.01. The van der Waals surface area contributed by atoms with Crippen molar-refractivity contribution in [1.82, 2.24) is 15.1 Å². The van der Waals surface area contributed by atoms with E-state index in [0.717, 1.165) is 25.7 Å². The van der Waals surface area contributed by atoms with Crippen molar-refractivity contribution in [2.24, 2.45) is 5.92 Å². The van der Waals surface area contributed by atoms with Crippen molar-refractivity contribution in [3.63, 3.8) is 0 Å². The lowest BCUT2D eigenvalue weighted by Crippen LogP contribution is -2.47. The van der Waals surface area contributed by atoms with Gasteiger partial charge in [-0.1, -0.05) is 19.3 Å². The molecule has 1 heterocycles. The molecule has 7 heteroatoms. The number of hydrogen-bond acceptors (Lipinski definition) is 4. The van der Waals surface area contributed by atoms with Crippen LogP contribution in [-0.2, 0) is 6.54 Å². The SMILES string of the molecule is C[C@](O)(CNC(=O)Nc1ccn(CCC#N)n1)C1CCCCC1. The highest BCUT2D eigenvalue weighted by atomic mass is 16.3. The van der Waals surface area contributed by atoms with Gasteiger partial charge in [-0.15, -0.1) is 0 Å². The van der Waals surface area contributed by atoms with Crippen LogP contribution in [0.25, 0.3) is 0 Å². The monoisotopic (exact) mass is 319 g/mol. The second kappa shape index (κ2) is 7.97. The number of carbonyl (C=O) groups excluding carboxylic acids is 1. The molecule has 7 nitrogen and oxygen atoms in total. The number of aliphatic hydroxyl groups is 1. The van der Waals surface area contributed by atoms with Crippen molar-refractivity contribution < 1.29 is 9.90 Å². The molecule has 1 atom stereocenters. The third-order valence-electron chi connectivity index (χ3n) is 4.43. The molecule has 0 radical (unpaired) electrons. The van der Waals surface area contributed by atoms with Crippen LogP contribution in [0.2, 0.25) is 0 Å². The Morgan fingerprint density at radius 3 is 2.96 bits per heavy atom. The van der Waals surface area contributed by atoms with Gasteiger partial charge in [0.25, 0.3) is 0 Å². The summed E-state index contributed by atoms with van der Waals surface area (Å²) < 4.78 is 1.61. The summed E-state index contributed by atoms with van der Waals surface area (Å²) in [5.41, 5.74) is -0.885. The van der Waals surface area contributed by atoms with Gasteiger partial charge in [0.15, 0.2) is 5.82 Å². The lowest BCUT2D eigenvalue weighted by molar-refractivity contribution is -0.0127. The molecule has 23 heavy (non-hydrogen) atoms. The van der Waals surface area contributed by atoms with E-state index in [2.05, 4.69) is 15.7 Å². The van der Waals surface area contributed by atoms with Gasteiger partial charge < -0.3 is 10.4 Å². The molecule has 0 aromatic carbocycles. The van der Waals surface area contributed by atoms with Crippen LogP contribution in [0.3, 0.4) is 0 Å². The lowest BCUT2D eigenvalue weighted by Gasteiger charge is -2.35. The molecule has 2 amide bonds. The van der Waals surface area contributed by atoms with Crippen molar-refractivity contribution in [3.8, 4) is 6.07 Å². The molecule has 1 aromatic rings. The molecule has 0 spiro atoms. The first-order valence-corrected chi connectivity index (χ1v) is 8.19. The normalized spacial score (nSPS) is 18.0. The van der Waals surface area contributed by atoms with E-state index < -0.39 is 5.60 Å². The van der Waals surface area contributed by atoms with Crippen LogP contribution >= 0.6 is 0 Å². The molecule has 126 valence electrons. The van der Waals surface area contributed by atoms with Crippen molar-refractivity contribution in [2.45, 2.75) is 57.6 Å². The highest BCUT2D eigenvalue weighted by Crippen LogP contribution is 2.32. The quantitative estimate of drug-likeness (QED) is 0.748. The van der Waals surface area contributed by atoms with Crippen LogP contribution in [0.5, 0.6) is 0 Å². The number of aryl methyl sites for hydroxylation is 1. The van der Waals surface area contributed by atoms with Crippen molar-refractivity contribution in [3.05, 3.63) is 12.3 Å². The molecule has 1 aromatic heterocycles. The Bertz CT molecular complexity index is 555. The number of rotatable bonds is 6. The van der Waals surface area contributed by atoms with Crippen molar-refractivity contribution in [2.75, 3.05) is 11.9 Å². The van der Waals surface area contributed by atoms with Crippen molar-refractivity contribution in [1.29, 1.82) is 5.26 Å². The zero-order valence-corrected chi connectivity index (χ0v) is 13.6. The average molecular weight is 319 g/mol. The number of aromatic nitrogens is 2. The molecular formula is C16H25N5O2. The number of nitrogens with one attached hydrogen (secondary N) is 2. The first kappa shape index (κ1) is 17.3. The molecule has 2 rings (SSSR count). The van der Waals surface area contributed by atoms with Crippen LogP contribution in [-0.4, -0.2) is 33.1 Å². The second-order valence-corrected chi connectivity index (χ2v) is 6.37. The van der Waals surface area contributed by atoms with E-state index in [1.807, 2.05) is 6.07 Å². The first-order chi connectivity index (χ1) is 11.0. The molecule has 1 aliphatic carbocycles. The maximum atomic E-state index is 11.9. The predicted molar refractivity (Wildman–Crippen MR) is 86.7 cm³/mol. The van der Waals surface area contributed by atoms with E-state index in [9.17, 15) is 9.90 Å². The van der Waals surface area contributed by atoms with Gasteiger partial charge in [-0.2, -0.15) is 10.4 Å². The van der Waals surface area contributed by atoms with Gasteiger partial charge in [0.2, 0.25) is 0 Å². The molecule has 0 unspecified atom stereocenters. The molecule has 0 saturated heterocycles. The third-order valence-corrected chi connectivity index (χ3v) is 4.43. The van der Waals surface area contributed by atoms with Crippen molar-refractivity contribution >= 4 is 11.8 Å². The Labute approximate surface area is 136 Å². The zero-order chi connectivity index (χ0) is 16.7. The number of hydrogen-bond donors (Lipinski definition) is 3. The number of carbonyl (C=O) groups is 1. The Morgan fingerprint density at radius 2 is 2.26 bits per heavy atom. The average Bonchev–Trinajstić information content (AvgIpc) is 2.99. The van der Waals surface area contributed by atoms with Gasteiger partial charge in [-0.05, 0) is 25.7 Å². The highest BCUT2D eigenvalue weighted by Gasteiger charge is 2.33. The topological polar surface area (TPSA) is 103 Å². The van der Waals surface area contributed by atoms with Crippen LogP contribution in [0.1, 0.15) is 45.4 Å². The lowest BCUT2D eigenvalue weighted by atomic mass is 9.78. The number of anilines is 1. The van der Waals surface area contributed by atoms with E-state index in [-0.39, 0.29) is 18.5 Å². The largest absolute Gasteiger partial charge is 0.388 e. The maximum Gasteiger partial charge on any atom is 0.320 e. The summed E-state index contributed by atoms with van der Waals surface area (Å²) in [6.07, 6.45) is 7.64. The Balaban J connectivity index is 1.78. The molecule has 0 aliphatic heterocycles. The van der Waals surface area contributed by atoms with Crippen LogP contribution < -0.4 is 10.6 Å². The highest BCUT2D eigenvalue weighted by molar-refractivity contribution is 5.88. The predicted octanol–water partition coefficient (Wildman–Crippen LogP) is 2.25. The Morgan fingerprint density at radius 1 is 1.52 bits per heavy atom. The van der Waals surface area contributed by atoms with Gasteiger partial charge in [0, 0.05) is 18.8 Å². The summed E-state index contributed by atoms with van der Waals surface area (Å²) in [5, 5.41) is 28.6. The van der Waals surface area contributed by atoms with Crippen LogP contribution in [0.15, 0.2) is 12.3 Å². The summed E-state index contributed by atoms with van der Waals surface area (Å²) in [5.74, 6) is 0.666. The molecule has 3 N–H and O–H groups in total. The first-order valence-electron chi connectivity index (χ1n) is 8.19. The van der Waals surface area contributed by atoms with E-state index in [1.165, 1.54) is 6.42 Å². The standard InChI is InChI=1S/C16H25N5O2/c1-16(23,13-6-3-2-4-7-13)12-18-15(22)19-14-8-11-21(20-14)10-5-9-17/h8,11,13,23H,2-7,10,12H2,1H3,(H2,18,19,20,22)/t16-/m0/s1. The van der Waals surface area contributed by atoms with Gasteiger partial charge in [-0.3, -0.25) is 10.00 Å². The second-order valence-electron chi connectivity index (χ2n) is 6.37. The zero-order valence-electron chi connectivity index (χ0n) is 13.6. The Hall–Kier alpha value is -2.07. The number of urea groups is 1. The summed E-state index contributed by atoms with van der Waals surface area (Å²) in [6, 6.07) is 3.34. The minimum atomic E-state index is -0.885. The molecule has 0 bridgehead atoms. The summed E-state index contributed by atoms with van der Waals surface area (Å²) >= 11 is 0. The maximum absolute atomic E-state index is 11.9. The molecule has 1 fully saturated rings.